The highest BCUT2D eigenvalue weighted by molar-refractivity contribution is 6.08. The van der Waals surface area contributed by atoms with Crippen LogP contribution in [0.3, 0.4) is 0 Å². The summed E-state index contributed by atoms with van der Waals surface area (Å²) >= 11 is 0. The lowest BCUT2D eigenvalue weighted by molar-refractivity contribution is 0.189. The number of carbonyl (C=O) groups is 2. The van der Waals surface area contributed by atoms with Gasteiger partial charge < -0.3 is 15.4 Å². The third kappa shape index (κ3) is 5.33. The zero-order valence-corrected chi connectivity index (χ0v) is 11.2. The van der Waals surface area contributed by atoms with Crippen molar-refractivity contribution in [2.24, 2.45) is 0 Å². The van der Waals surface area contributed by atoms with E-state index >= 15 is 0 Å². The number of nitrogens with zero attached hydrogens (tertiary/aromatic N) is 1. The van der Waals surface area contributed by atoms with E-state index in [0.29, 0.717) is 4.90 Å². The van der Waals surface area contributed by atoms with E-state index in [4.69, 9.17) is 5.41 Å². The van der Waals surface area contributed by atoms with Crippen LogP contribution in [-0.2, 0) is 4.74 Å². The van der Waals surface area contributed by atoms with Gasteiger partial charge in [-0.1, -0.05) is 6.08 Å². The van der Waals surface area contributed by atoms with Crippen molar-refractivity contribution in [3.8, 4) is 0 Å². The first-order valence-corrected chi connectivity index (χ1v) is 5.36. The van der Waals surface area contributed by atoms with Gasteiger partial charge in [-0.15, -0.1) is 6.58 Å². The number of imide groups is 1. The van der Waals surface area contributed by atoms with E-state index in [1.165, 1.54) is 13.2 Å². The second-order valence-electron chi connectivity index (χ2n) is 4.50. The van der Waals surface area contributed by atoms with Crippen LogP contribution in [-0.4, -0.2) is 42.2 Å². The highest BCUT2D eigenvalue weighted by Crippen LogP contribution is 2.02. The second kappa shape index (κ2) is 6.63. The second-order valence-corrected chi connectivity index (χ2v) is 4.50. The number of rotatable bonds is 2. The molecule has 7 nitrogen and oxygen atoms in total. The summed E-state index contributed by atoms with van der Waals surface area (Å²) in [5.74, 6) is 0. The zero-order valence-electron chi connectivity index (χ0n) is 11.2. The van der Waals surface area contributed by atoms with E-state index in [0.717, 1.165) is 0 Å². The van der Waals surface area contributed by atoms with Crippen molar-refractivity contribution < 1.29 is 14.3 Å². The van der Waals surface area contributed by atoms with Gasteiger partial charge in [-0.25, -0.2) is 9.59 Å². The number of ether oxygens (including phenoxy) is 1. The SMILES string of the molecule is C=CCNC(=O)N(C(=N)OC)C(=O)NC(C)(C)C. The van der Waals surface area contributed by atoms with E-state index < -0.39 is 23.6 Å². The minimum Gasteiger partial charge on any atom is -0.468 e. The Morgan fingerprint density at radius 2 is 1.94 bits per heavy atom. The summed E-state index contributed by atoms with van der Waals surface area (Å²) < 4.78 is 4.61. The van der Waals surface area contributed by atoms with Gasteiger partial charge in [0.15, 0.2) is 0 Å². The van der Waals surface area contributed by atoms with E-state index in [1.807, 2.05) is 0 Å². The number of nitrogens with one attached hydrogen (secondary N) is 3. The maximum Gasteiger partial charge on any atom is 0.334 e. The smallest absolute Gasteiger partial charge is 0.334 e. The van der Waals surface area contributed by atoms with Gasteiger partial charge in [-0.2, -0.15) is 4.90 Å². The summed E-state index contributed by atoms with van der Waals surface area (Å²) in [7, 11) is 1.21. The molecule has 0 radical (unpaired) electrons. The van der Waals surface area contributed by atoms with Gasteiger partial charge in [0.05, 0.1) is 7.11 Å². The molecule has 0 aromatic heterocycles. The lowest BCUT2D eigenvalue weighted by atomic mass is 10.1. The van der Waals surface area contributed by atoms with Crippen molar-refractivity contribution in [3.05, 3.63) is 12.7 Å². The Hall–Kier alpha value is -2.05. The third-order valence-corrected chi connectivity index (χ3v) is 1.68. The highest BCUT2D eigenvalue weighted by atomic mass is 16.5. The molecule has 7 heteroatoms. The van der Waals surface area contributed by atoms with Crippen LogP contribution in [0.15, 0.2) is 12.7 Å². The first-order valence-electron chi connectivity index (χ1n) is 5.36. The van der Waals surface area contributed by atoms with Crippen molar-refractivity contribution in [1.82, 2.24) is 15.5 Å². The standard InChI is InChI=1S/C11H20N4O3/c1-6-7-13-9(16)15(8(12)18-5)10(17)14-11(2,3)4/h6,12H,1,7H2,2-5H3,(H,13,16)(H,14,17). The third-order valence-electron chi connectivity index (χ3n) is 1.68. The summed E-state index contributed by atoms with van der Waals surface area (Å²) in [4.78, 5) is 24.2. The molecule has 0 spiro atoms. The van der Waals surface area contributed by atoms with Gasteiger partial charge in [0.1, 0.15) is 0 Å². The van der Waals surface area contributed by atoms with Crippen LogP contribution in [0.4, 0.5) is 9.59 Å². The molecule has 0 saturated heterocycles. The number of carbonyl (C=O) groups excluding carboxylic acids is 2. The van der Waals surface area contributed by atoms with Crippen LogP contribution >= 0.6 is 0 Å². The Bertz CT molecular complexity index is 347. The number of methoxy groups -OCH3 is 1. The molecule has 0 aliphatic carbocycles. The maximum atomic E-state index is 11.9. The zero-order chi connectivity index (χ0) is 14.3. The Balaban J connectivity index is 4.88. The molecule has 0 aliphatic heterocycles. The van der Waals surface area contributed by atoms with Crippen LogP contribution in [0.1, 0.15) is 20.8 Å². The topological polar surface area (TPSA) is 94.5 Å². The highest BCUT2D eigenvalue weighted by Gasteiger charge is 2.29. The van der Waals surface area contributed by atoms with Gasteiger partial charge >= 0.3 is 18.1 Å². The largest absolute Gasteiger partial charge is 0.468 e. The lowest BCUT2D eigenvalue weighted by Crippen LogP contribution is -2.55. The van der Waals surface area contributed by atoms with Gasteiger partial charge in [-0.05, 0) is 20.8 Å². The summed E-state index contributed by atoms with van der Waals surface area (Å²) in [5.41, 5.74) is -0.526. The minimum absolute atomic E-state index is 0.190. The molecule has 3 N–H and O–H groups in total. The Morgan fingerprint density at radius 1 is 1.39 bits per heavy atom. The molecular formula is C11H20N4O3. The van der Waals surface area contributed by atoms with Crippen molar-refractivity contribution >= 4 is 18.1 Å². The molecule has 4 amide bonds. The maximum absolute atomic E-state index is 11.9. The molecule has 0 rings (SSSR count). The first-order chi connectivity index (χ1) is 8.22. The summed E-state index contributed by atoms with van der Waals surface area (Å²) in [6, 6.07) is -2.03. The van der Waals surface area contributed by atoms with Gasteiger partial charge in [-0.3, -0.25) is 5.41 Å². The van der Waals surface area contributed by atoms with Gasteiger partial charge in [0, 0.05) is 12.1 Å². The molecule has 0 aromatic rings. The van der Waals surface area contributed by atoms with Crippen LogP contribution in [0.2, 0.25) is 0 Å². The molecule has 0 atom stereocenters. The number of amidine groups is 1. The van der Waals surface area contributed by atoms with Gasteiger partial charge in [0.25, 0.3) is 0 Å². The average molecular weight is 256 g/mol. The molecule has 0 heterocycles. The summed E-state index contributed by atoms with van der Waals surface area (Å²) in [6.45, 7) is 8.93. The summed E-state index contributed by atoms with van der Waals surface area (Å²) in [6.07, 6.45) is 1.47. The fourth-order valence-corrected chi connectivity index (χ4v) is 0.983. The van der Waals surface area contributed by atoms with Crippen LogP contribution in [0.25, 0.3) is 0 Å². The number of hydrogen-bond donors (Lipinski definition) is 3. The number of urea groups is 2. The van der Waals surface area contributed by atoms with Crippen molar-refractivity contribution in [3.63, 3.8) is 0 Å². The Labute approximate surface area is 107 Å². The molecule has 0 saturated carbocycles. The molecule has 0 aliphatic rings. The van der Waals surface area contributed by atoms with Crippen molar-refractivity contribution in [1.29, 1.82) is 5.41 Å². The van der Waals surface area contributed by atoms with E-state index in [-0.39, 0.29) is 6.54 Å². The van der Waals surface area contributed by atoms with Gasteiger partial charge in [0.2, 0.25) is 0 Å². The fraction of sp³-hybridized carbons (Fsp3) is 0.545. The minimum atomic E-state index is -0.747. The molecule has 0 fully saturated rings. The molecule has 0 unspecified atom stereocenters. The van der Waals surface area contributed by atoms with Crippen molar-refractivity contribution in [2.75, 3.05) is 13.7 Å². The molecule has 18 heavy (non-hydrogen) atoms. The van der Waals surface area contributed by atoms with Crippen molar-refractivity contribution in [2.45, 2.75) is 26.3 Å². The van der Waals surface area contributed by atoms with Crippen LogP contribution < -0.4 is 10.6 Å². The monoisotopic (exact) mass is 256 g/mol. The summed E-state index contributed by atoms with van der Waals surface area (Å²) in [5, 5.41) is 12.4. The normalized spacial score (nSPS) is 10.2. The molecular weight excluding hydrogens is 236 g/mol. The van der Waals surface area contributed by atoms with E-state index in [9.17, 15) is 9.59 Å². The van der Waals surface area contributed by atoms with E-state index in [1.54, 1.807) is 20.8 Å². The predicted octanol–water partition coefficient (Wildman–Crippen LogP) is 1.27. The quantitative estimate of drug-likeness (QED) is 0.394. The first kappa shape index (κ1) is 16.0. The number of hydrogen-bond acceptors (Lipinski definition) is 4. The number of amides is 4. The van der Waals surface area contributed by atoms with E-state index in [2.05, 4.69) is 21.9 Å². The lowest BCUT2D eigenvalue weighted by Gasteiger charge is -2.26. The van der Waals surface area contributed by atoms with Crippen LogP contribution in [0, 0.1) is 5.41 Å². The van der Waals surface area contributed by atoms with Crippen LogP contribution in [0.5, 0.6) is 0 Å². The average Bonchev–Trinajstić information content (AvgIpc) is 2.23. The molecule has 102 valence electrons. The molecule has 0 aromatic carbocycles. The fourth-order valence-electron chi connectivity index (χ4n) is 0.983. The Kier molecular flexibility index (Phi) is 5.87. The Morgan fingerprint density at radius 3 is 2.33 bits per heavy atom. The predicted molar refractivity (Wildman–Crippen MR) is 68.5 cm³/mol. The molecule has 0 bridgehead atoms.